The van der Waals surface area contributed by atoms with Crippen LogP contribution in [0.1, 0.15) is 18.4 Å². The van der Waals surface area contributed by atoms with Crippen LogP contribution in [0.3, 0.4) is 0 Å². The highest BCUT2D eigenvalue weighted by Crippen LogP contribution is 2.35. The lowest BCUT2D eigenvalue weighted by molar-refractivity contribution is -0.274. The molecule has 178 valence electrons. The van der Waals surface area contributed by atoms with Gasteiger partial charge in [-0.25, -0.2) is 0 Å². The molecule has 4 rings (SSSR count). The second-order valence-electron chi connectivity index (χ2n) is 8.15. The summed E-state index contributed by atoms with van der Waals surface area (Å²) in [6, 6.07) is 5.88. The molecule has 3 saturated heterocycles. The van der Waals surface area contributed by atoms with Crippen LogP contribution in [0.25, 0.3) is 0 Å². The van der Waals surface area contributed by atoms with E-state index in [1.165, 1.54) is 18.2 Å². The van der Waals surface area contributed by atoms with E-state index >= 15 is 0 Å². The Balaban J connectivity index is 1.23. The maximum atomic E-state index is 12.5. The van der Waals surface area contributed by atoms with Gasteiger partial charge in [-0.1, -0.05) is 18.2 Å². The fourth-order valence-corrected chi connectivity index (χ4v) is 4.37. The number of hydrogen-bond acceptors (Lipinski definition) is 7. The van der Waals surface area contributed by atoms with E-state index in [0.717, 1.165) is 0 Å². The minimum atomic E-state index is -4.77. The highest BCUT2D eigenvalue weighted by Gasteiger charge is 2.50. The molecule has 1 aromatic carbocycles. The Hall–Kier alpha value is -1.92. The van der Waals surface area contributed by atoms with E-state index in [9.17, 15) is 23.1 Å². The van der Waals surface area contributed by atoms with Crippen molar-refractivity contribution in [2.45, 2.75) is 56.3 Å². The number of para-hydroxylation sites is 1. The molecule has 8 nitrogen and oxygen atoms in total. The summed E-state index contributed by atoms with van der Waals surface area (Å²) in [5, 5.41) is 13.6. The van der Waals surface area contributed by atoms with Crippen LogP contribution in [0.5, 0.6) is 5.75 Å². The Morgan fingerprint density at radius 1 is 1.22 bits per heavy atom. The molecular formula is C21H27F3N2O6. The lowest BCUT2D eigenvalue weighted by atomic mass is 10.1. The molecule has 5 atom stereocenters. The smallest absolute Gasteiger partial charge is 0.405 e. The van der Waals surface area contributed by atoms with E-state index in [0.29, 0.717) is 38.3 Å². The average molecular weight is 460 g/mol. The van der Waals surface area contributed by atoms with Crippen LogP contribution in [0, 0.1) is 0 Å². The lowest BCUT2D eigenvalue weighted by Crippen LogP contribution is -2.42. The molecule has 3 aliphatic rings. The normalized spacial score (nSPS) is 30.4. The highest BCUT2D eigenvalue weighted by molar-refractivity contribution is 5.76. The Morgan fingerprint density at radius 2 is 1.97 bits per heavy atom. The standard InChI is InChI=1S/C21H27F3N2O6/c22-21(23,24)32-15-4-2-1-3-13(15)11-25-12-17-19(28)20-16(31-17)9-14(30-20)10-18(27)26-5-7-29-8-6-26/h1-4,14,16-17,19-20,25,28H,5-12H2. The zero-order valence-electron chi connectivity index (χ0n) is 17.4. The second kappa shape index (κ2) is 9.92. The van der Waals surface area contributed by atoms with Gasteiger partial charge in [-0.15, -0.1) is 13.2 Å². The van der Waals surface area contributed by atoms with Crippen molar-refractivity contribution in [2.24, 2.45) is 0 Å². The number of nitrogens with one attached hydrogen (secondary N) is 1. The largest absolute Gasteiger partial charge is 0.573 e. The van der Waals surface area contributed by atoms with Crippen molar-refractivity contribution in [3.05, 3.63) is 29.8 Å². The van der Waals surface area contributed by atoms with Gasteiger partial charge in [0.15, 0.2) is 0 Å². The zero-order chi connectivity index (χ0) is 22.7. The number of morpholine rings is 1. The number of aliphatic hydroxyl groups is 1. The second-order valence-corrected chi connectivity index (χ2v) is 8.15. The Kier molecular flexibility index (Phi) is 7.21. The van der Waals surface area contributed by atoms with Crippen LogP contribution in [-0.2, 0) is 25.5 Å². The van der Waals surface area contributed by atoms with Crippen molar-refractivity contribution < 1.29 is 42.0 Å². The van der Waals surface area contributed by atoms with E-state index in [1.807, 2.05) is 0 Å². The van der Waals surface area contributed by atoms with Crippen LogP contribution < -0.4 is 10.1 Å². The van der Waals surface area contributed by atoms with Crippen molar-refractivity contribution in [2.75, 3.05) is 32.8 Å². The molecular weight excluding hydrogens is 433 g/mol. The van der Waals surface area contributed by atoms with Crippen LogP contribution >= 0.6 is 0 Å². The number of carbonyl (C=O) groups is 1. The lowest BCUT2D eigenvalue weighted by Gasteiger charge is -2.28. The number of alkyl halides is 3. The first-order valence-corrected chi connectivity index (χ1v) is 10.7. The summed E-state index contributed by atoms with van der Waals surface area (Å²) in [7, 11) is 0. The maximum absolute atomic E-state index is 12.5. The van der Waals surface area contributed by atoms with Crippen LogP contribution in [-0.4, -0.2) is 85.6 Å². The number of rotatable bonds is 7. The monoisotopic (exact) mass is 460 g/mol. The molecule has 3 heterocycles. The predicted octanol–water partition coefficient (Wildman–Crippen LogP) is 1.21. The van der Waals surface area contributed by atoms with Gasteiger partial charge in [-0.3, -0.25) is 4.79 Å². The Labute approximate surface area is 183 Å². The van der Waals surface area contributed by atoms with Gasteiger partial charge in [-0.2, -0.15) is 0 Å². The van der Waals surface area contributed by atoms with Crippen LogP contribution in [0.15, 0.2) is 24.3 Å². The minimum absolute atomic E-state index is 0.00530. The average Bonchev–Trinajstić information content (AvgIpc) is 3.27. The fourth-order valence-electron chi connectivity index (χ4n) is 4.37. The first-order valence-electron chi connectivity index (χ1n) is 10.7. The highest BCUT2D eigenvalue weighted by atomic mass is 19.4. The number of carbonyl (C=O) groups excluding carboxylic acids is 1. The number of aliphatic hydroxyl groups excluding tert-OH is 1. The van der Waals surface area contributed by atoms with Crippen molar-refractivity contribution >= 4 is 5.91 Å². The van der Waals surface area contributed by atoms with Gasteiger partial charge in [0.2, 0.25) is 5.91 Å². The molecule has 0 aliphatic carbocycles. The molecule has 0 radical (unpaired) electrons. The predicted molar refractivity (Wildman–Crippen MR) is 105 cm³/mol. The third-order valence-corrected chi connectivity index (χ3v) is 5.90. The summed E-state index contributed by atoms with van der Waals surface area (Å²) in [5.74, 6) is -0.265. The summed E-state index contributed by atoms with van der Waals surface area (Å²) in [5.41, 5.74) is 0.343. The van der Waals surface area contributed by atoms with Crippen molar-refractivity contribution in [1.29, 1.82) is 0 Å². The minimum Gasteiger partial charge on any atom is -0.405 e. The summed E-state index contributed by atoms with van der Waals surface area (Å²) in [6.07, 6.45) is -6.62. The Morgan fingerprint density at radius 3 is 2.69 bits per heavy atom. The molecule has 3 fully saturated rings. The Bertz CT molecular complexity index is 789. The first kappa shape index (κ1) is 23.2. The molecule has 1 amide bonds. The SMILES string of the molecule is O=C(CC1CC2OC(CNCc3ccccc3OC(F)(F)F)C(O)C2O1)N1CCOCC1. The van der Waals surface area contributed by atoms with Crippen molar-refractivity contribution in [1.82, 2.24) is 10.2 Å². The van der Waals surface area contributed by atoms with Gasteiger partial charge >= 0.3 is 6.36 Å². The molecule has 0 bridgehead atoms. The van der Waals surface area contributed by atoms with Crippen molar-refractivity contribution in [3.63, 3.8) is 0 Å². The summed E-state index contributed by atoms with van der Waals surface area (Å²) in [6.45, 7) is 2.56. The number of benzene rings is 1. The molecule has 32 heavy (non-hydrogen) atoms. The van der Waals surface area contributed by atoms with E-state index in [-0.39, 0.29) is 43.4 Å². The van der Waals surface area contributed by atoms with Gasteiger partial charge in [-0.05, 0) is 6.07 Å². The number of ether oxygens (including phenoxy) is 4. The topological polar surface area (TPSA) is 89.5 Å². The summed E-state index contributed by atoms with van der Waals surface area (Å²) < 4.78 is 58.8. The van der Waals surface area contributed by atoms with Crippen molar-refractivity contribution in [3.8, 4) is 5.75 Å². The van der Waals surface area contributed by atoms with Gasteiger partial charge in [0.05, 0.1) is 37.9 Å². The molecule has 1 aromatic rings. The zero-order valence-corrected chi connectivity index (χ0v) is 17.4. The number of nitrogens with zero attached hydrogens (tertiary/aromatic N) is 1. The maximum Gasteiger partial charge on any atom is 0.573 e. The van der Waals surface area contributed by atoms with Gasteiger partial charge in [0.25, 0.3) is 0 Å². The number of halogens is 3. The third kappa shape index (κ3) is 5.70. The van der Waals surface area contributed by atoms with Gasteiger partial charge in [0.1, 0.15) is 18.0 Å². The molecule has 0 aromatic heterocycles. The molecule has 0 spiro atoms. The van der Waals surface area contributed by atoms with E-state index in [2.05, 4.69) is 10.1 Å². The quantitative estimate of drug-likeness (QED) is 0.632. The fraction of sp³-hybridized carbons (Fsp3) is 0.667. The van der Waals surface area contributed by atoms with E-state index < -0.39 is 24.7 Å². The summed E-state index contributed by atoms with van der Waals surface area (Å²) >= 11 is 0. The molecule has 5 unspecified atom stereocenters. The molecule has 0 saturated carbocycles. The molecule has 3 aliphatic heterocycles. The van der Waals surface area contributed by atoms with E-state index in [4.69, 9.17) is 14.2 Å². The first-order chi connectivity index (χ1) is 15.3. The summed E-state index contributed by atoms with van der Waals surface area (Å²) in [4.78, 5) is 14.2. The van der Waals surface area contributed by atoms with Crippen LogP contribution in [0.4, 0.5) is 13.2 Å². The number of fused-ring (bicyclic) bond motifs is 1. The van der Waals surface area contributed by atoms with Gasteiger partial charge in [0, 0.05) is 38.2 Å². The third-order valence-electron chi connectivity index (χ3n) is 5.90. The van der Waals surface area contributed by atoms with E-state index in [1.54, 1.807) is 11.0 Å². The number of amides is 1. The van der Waals surface area contributed by atoms with Gasteiger partial charge < -0.3 is 34.3 Å². The number of hydrogen-bond donors (Lipinski definition) is 2. The molecule has 2 N–H and O–H groups in total. The van der Waals surface area contributed by atoms with Crippen LogP contribution in [0.2, 0.25) is 0 Å². The molecule has 11 heteroatoms.